The highest BCUT2D eigenvalue weighted by Crippen LogP contribution is 2.40. The van der Waals surface area contributed by atoms with Crippen LogP contribution in [-0.2, 0) is 23.2 Å². The largest absolute Gasteiger partial charge is 0.465 e. The predicted molar refractivity (Wildman–Crippen MR) is 190 cm³/mol. The van der Waals surface area contributed by atoms with Crippen molar-refractivity contribution in [1.82, 2.24) is 30.0 Å². The van der Waals surface area contributed by atoms with Gasteiger partial charge in [-0.2, -0.15) is 18.3 Å². The summed E-state index contributed by atoms with van der Waals surface area (Å²) < 4.78 is 45.4. The average Bonchev–Trinajstić information content (AvgIpc) is 3.77. The number of hydrogen-bond acceptors (Lipinski definition) is 6. The van der Waals surface area contributed by atoms with E-state index in [0.717, 1.165) is 43.6 Å². The summed E-state index contributed by atoms with van der Waals surface area (Å²) in [6.45, 7) is 0.128. The molecule has 260 valence electrons. The Morgan fingerprint density at radius 1 is 0.692 bits per heavy atom. The first-order valence-electron chi connectivity index (χ1n) is 16.6. The van der Waals surface area contributed by atoms with Crippen LogP contribution >= 0.6 is 0 Å². The molecule has 0 aliphatic heterocycles. The monoisotopic (exact) mass is 698 g/mol. The van der Waals surface area contributed by atoms with Crippen molar-refractivity contribution in [2.75, 3.05) is 7.11 Å². The average molecular weight is 699 g/mol. The highest BCUT2D eigenvalue weighted by Gasteiger charge is 2.41. The van der Waals surface area contributed by atoms with Gasteiger partial charge in [0.25, 0.3) is 0 Å². The lowest BCUT2D eigenvalue weighted by Crippen LogP contribution is -2.39. The van der Waals surface area contributed by atoms with Crippen molar-refractivity contribution in [1.29, 1.82) is 0 Å². The number of nitrogens with zero attached hydrogens (tertiary/aromatic N) is 6. The van der Waals surface area contributed by atoms with Gasteiger partial charge in [-0.15, -0.1) is 15.0 Å². The second-order valence-corrected chi connectivity index (χ2v) is 12.3. The third kappa shape index (κ3) is 6.48. The lowest BCUT2D eigenvalue weighted by Gasteiger charge is -2.34. The van der Waals surface area contributed by atoms with E-state index in [1.807, 2.05) is 103 Å². The number of rotatable bonds is 10. The van der Waals surface area contributed by atoms with Gasteiger partial charge in [-0.05, 0) is 45.5 Å². The zero-order valence-electron chi connectivity index (χ0n) is 28.3. The molecule has 0 atom stereocenters. The van der Waals surface area contributed by atoms with Crippen LogP contribution in [0.15, 0.2) is 140 Å². The minimum Gasteiger partial charge on any atom is -0.465 e. The maximum Gasteiger partial charge on any atom is 0.408 e. The molecule has 11 heteroatoms. The van der Waals surface area contributed by atoms with E-state index in [1.165, 1.54) is 14.0 Å². The molecule has 7 rings (SSSR count). The molecule has 8 nitrogen and oxygen atoms in total. The summed E-state index contributed by atoms with van der Waals surface area (Å²) in [5.74, 6) is -0.303. The molecule has 7 aromatic rings. The predicted octanol–water partition coefficient (Wildman–Crippen LogP) is 8.29. The number of methoxy groups -OCH3 is 1. The number of esters is 1. The molecule has 0 spiro atoms. The zero-order valence-corrected chi connectivity index (χ0v) is 28.3. The summed E-state index contributed by atoms with van der Waals surface area (Å²) in [5, 5.41) is 18.5. The molecule has 0 amide bonds. The Balaban J connectivity index is 1.26. The van der Waals surface area contributed by atoms with E-state index in [4.69, 9.17) is 9.84 Å². The molecular weight excluding hydrogens is 665 g/mol. The van der Waals surface area contributed by atoms with Gasteiger partial charge in [-0.3, -0.25) is 4.68 Å². The Morgan fingerprint density at radius 3 is 1.73 bits per heavy atom. The van der Waals surface area contributed by atoms with Gasteiger partial charge in [-0.1, -0.05) is 140 Å². The smallest absolute Gasteiger partial charge is 0.408 e. The molecule has 0 unspecified atom stereocenters. The highest BCUT2D eigenvalue weighted by molar-refractivity contribution is 5.92. The number of benzene rings is 5. The van der Waals surface area contributed by atoms with Gasteiger partial charge >= 0.3 is 12.1 Å². The Bertz CT molecular complexity index is 2210. The minimum absolute atomic E-state index is 0.0351. The van der Waals surface area contributed by atoms with E-state index in [9.17, 15) is 18.0 Å². The molecule has 2 aromatic heterocycles. The second-order valence-electron chi connectivity index (χ2n) is 12.3. The second kappa shape index (κ2) is 14.1. The number of aromatic nitrogens is 6. The van der Waals surface area contributed by atoms with Gasteiger partial charge < -0.3 is 4.74 Å². The molecule has 0 fully saturated rings. The summed E-state index contributed by atoms with van der Waals surface area (Å²) in [4.78, 5) is 14.2. The van der Waals surface area contributed by atoms with Crippen molar-refractivity contribution < 1.29 is 22.7 Å². The fourth-order valence-electron chi connectivity index (χ4n) is 6.70. The molecule has 0 saturated heterocycles. The van der Waals surface area contributed by atoms with Gasteiger partial charge in [0.15, 0.2) is 5.54 Å². The first-order chi connectivity index (χ1) is 25.2. The van der Waals surface area contributed by atoms with Gasteiger partial charge in [0.1, 0.15) is 12.1 Å². The standard InChI is InChI=1S/C41H33F3N6O2/c1-28-37(39(51)52-2)36(46-49(28)27-40(42,43)44)26-29-22-24-30(25-23-29)34-20-12-13-21-35(34)38-45-48-50(47-38)41(31-14-6-3-7-15-31,32-16-8-4-9-17-32)33-18-10-5-11-19-33/h3-25H,26-27H2,1-2H3. The van der Waals surface area contributed by atoms with Crippen molar-refractivity contribution >= 4 is 5.97 Å². The fraction of sp³-hybridized carbons (Fsp3) is 0.146. The molecule has 0 aliphatic rings. The number of carbonyl (C=O) groups excluding carboxylic acids is 1. The molecule has 52 heavy (non-hydrogen) atoms. The number of hydrogen-bond donors (Lipinski definition) is 0. The Morgan fingerprint density at radius 2 is 1.21 bits per heavy atom. The molecule has 0 N–H and O–H groups in total. The van der Waals surface area contributed by atoms with E-state index in [0.29, 0.717) is 5.82 Å². The van der Waals surface area contributed by atoms with Gasteiger partial charge in [0.2, 0.25) is 5.82 Å². The molecule has 0 saturated carbocycles. The lowest BCUT2D eigenvalue weighted by molar-refractivity contribution is -0.143. The van der Waals surface area contributed by atoms with Gasteiger partial charge in [-0.25, -0.2) is 4.79 Å². The molecule has 0 aliphatic carbocycles. The molecule has 0 radical (unpaired) electrons. The van der Waals surface area contributed by atoms with Crippen LogP contribution in [-0.4, -0.2) is 49.2 Å². The summed E-state index contributed by atoms with van der Waals surface area (Å²) in [6, 6.07) is 45.6. The van der Waals surface area contributed by atoms with E-state index in [-0.39, 0.29) is 23.4 Å². The van der Waals surface area contributed by atoms with Crippen molar-refractivity contribution in [3.63, 3.8) is 0 Å². The van der Waals surface area contributed by atoms with Crippen LogP contribution in [0.25, 0.3) is 22.5 Å². The normalized spacial score (nSPS) is 11.8. The molecule has 0 bridgehead atoms. The number of alkyl halides is 3. The summed E-state index contributed by atoms with van der Waals surface area (Å²) in [7, 11) is 1.19. The number of halogens is 3. The van der Waals surface area contributed by atoms with Gasteiger partial charge in [0.05, 0.1) is 18.5 Å². The van der Waals surface area contributed by atoms with E-state index in [1.54, 1.807) is 4.80 Å². The van der Waals surface area contributed by atoms with Crippen LogP contribution in [0, 0.1) is 6.92 Å². The van der Waals surface area contributed by atoms with Gasteiger partial charge in [0, 0.05) is 12.0 Å². The molecular formula is C41H33F3N6O2. The Labute approximate surface area is 298 Å². The van der Waals surface area contributed by atoms with E-state index < -0.39 is 24.2 Å². The first kappa shape index (κ1) is 34.1. The van der Waals surface area contributed by atoms with E-state index in [2.05, 4.69) is 51.8 Å². The van der Waals surface area contributed by atoms with Crippen molar-refractivity contribution in [2.45, 2.75) is 31.6 Å². The first-order valence-corrected chi connectivity index (χ1v) is 16.6. The van der Waals surface area contributed by atoms with Crippen molar-refractivity contribution in [3.05, 3.63) is 179 Å². The number of tetrazole rings is 1. The van der Waals surface area contributed by atoms with Crippen LogP contribution in [0.5, 0.6) is 0 Å². The Hall–Kier alpha value is -6.36. The Kier molecular flexibility index (Phi) is 9.25. The summed E-state index contributed by atoms with van der Waals surface area (Å²) in [5.41, 5.74) is 5.55. The maximum atomic E-state index is 13.2. The van der Waals surface area contributed by atoms with E-state index >= 15 is 0 Å². The molecule has 5 aromatic carbocycles. The van der Waals surface area contributed by atoms with Crippen LogP contribution in [0.4, 0.5) is 13.2 Å². The lowest BCUT2D eigenvalue weighted by atomic mass is 9.77. The quantitative estimate of drug-likeness (QED) is 0.106. The number of ether oxygens (including phenoxy) is 1. The third-order valence-corrected chi connectivity index (χ3v) is 9.09. The third-order valence-electron chi connectivity index (χ3n) is 9.09. The maximum absolute atomic E-state index is 13.2. The zero-order chi connectivity index (χ0) is 36.3. The van der Waals surface area contributed by atoms with Crippen LogP contribution in [0.3, 0.4) is 0 Å². The SMILES string of the molecule is COC(=O)c1c(Cc2ccc(-c3ccccc3-c3nnn(C(c4ccccc4)(c4ccccc4)c4ccccc4)n3)cc2)nn(CC(F)(F)F)c1C. The van der Waals surface area contributed by atoms with Crippen LogP contribution in [0.1, 0.15) is 44.0 Å². The van der Waals surface area contributed by atoms with Crippen molar-refractivity contribution in [3.8, 4) is 22.5 Å². The summed E-state index contributed by atoms with van der Waals surface area (Å²) >= 11 is 0. The highest BCUT2D eigenvalue weighted by atomic mass is 19.4. The topological polar surface area (TPSA) is 87.7 Å². The number of carbonyl (C=O) groups is 1. The summed E-state index contributed by atoms with van der Waals surface area (Å²) in [6.07, 6.45) is -4.36. The van der Waals surface area contributed by atoms with Crippen LogP contribution < -0.4 is 0 Å². The van der Waals surface area contributed by atoms with Crippen LogP contribution in [0.2, 0.25) is 0 Å². The minimum atomic E-state index is -4.50. The molecule has 2 heterocycles. The van der Waals surface area contributed by atoms with Crippen molar-refractivity contribution in [2.24, 2.45) is 0 Å². The fourth-order valence-corrected chi connectivity index (χ4v) is 6.70.